The van der Waals surface area contributed by atoms with Crippen LogP contribution in [0, 0.1) is 0 Å². The van der Waals surface area contributed by atoms with Gasteiger partial charge in [-0.2, -0.15) is 0 Å². The minimum Gasteiger partial charge on any atom is -0.475 e. The maximum Gasteiger partial charge on any atom is 0.216 e. The highest BCUT2D eigenvalue weighted by atomic mass is 32.2. The van der Waals surface area contributed by atoms with Crippen LogP contribution in [0.4, 0.5) is 5.69 Å². The highest BCUT2D eigenvalue weighted by Gasteiger charge is 2.27. The van der Waals surface area contributed by atoms with E-state index in [4.69, 9.17) is 10.5 Å². The number of nitrogens with two attached hydrogens (primary N) is 1. The number of nitrogens with zero attached hydrogens (tertiary/aromatic N) is 1. The topological polar surface area (TPSA) is 81.8 Å². The van der Waals surface area contributed by atoms with Crippen LogP contribution >= 0.6 is 0 Å². The Kier molecular flexibility index (Phi) is 2.85. The Morgan fingerprint density at radius 1 is 1.39 bits per heavy atom. The maximum absolute atomic E-state index is 11.6. The molecule has 2 rings (SSSR count). The Balaban J connectivity index is 2.50. The number of anilines is 1. The van der Waals surface area contributed by atoms with Crippen molar-refractivity contribution < 1.29 is 13.2 Å². The summed E-state index contributed by atoms with van der Waals surface area (Å²) in [5, 5.41) is 0. The van der Waals surface area contributed by atoms with Gasteiger partial charge in [-0.05, 0) is 32.0 Å². The van der Waals surface area contributed by atoms with E-state index in [1.807, 2.05) is 13.8 Å². The molecule has 1 heterocycles. The standard InChI is InChI=1S/C12H16N2O3S/c1-12(2)7-17-11(14-12)8-4-5-9(13)10(6-8)18(3,15)16/h4-6H,7,13H2,1-3H3. The molecule has 0 unspecified atom stereocenters. The summed E-state index contributed by atoms with van der Waals surface area (Å²) in [5.74, 6) is 0.463. The molecule has 0 aromatic heterocycles. The lowest BCUT2D eigenvalue weighted by Crippen LogP contribution is -2.17. The lowest BCUT2D eigenvalue weighted by atomic mass is 10.1. The second-order valence-corrected chi connectivity index (χ2v) is 7.03. The molecule has 2 N–H and O–H groups in total. The lowest BCUT2D eigenvalue weighted by molar-refractivity contribution is 0.279. The predicted octanol–water partition coefficient (Wildman–Crippen LogP) is 1.23. The van der Waals surface area contributed by atoms with Crippen LogP contribution in [0.25, 0.3) is 0 Å². The van der Waals surface area contributed by atoms with Crippen molar-refractivity contribution in [1.29, 1.82) is 0 Å². The van der Waals surface area contributed by atoms with E-state index in [1.165, 1.54) is 6.07 Å². The van der Waals surface area contributed by atoms with E-state index in [0.29, 0.717) is 18.1 Å². The predicted molar refractivity (Wildman–Crippen MR) is 70.5 cm³/mol. The Morgan fingerprint density at radius 2 is 2.06 bits per heavy atom. The van der Waals surface area contributed by atoms with Gasteiger partial charge < -0.3 is 10.5 Å². The van der Waals surface area contributed by atoms with Crippen LogP contribution in [0.1, 0.15) is 19.4 Å². The van der Waals surface area contributed by atoms with Gasteiger partial charge in [-0.3, -0.25) is 0 Å². The summed E-state index contributed by atoms with van der Waals surface area (Å²) in [6.45, 7) is 4.39. The fraction of sp³-hybridized carbons (Fsp3) is 0.417. The lowest BCUT2D eigenvalue weighted by Gasteiger charge is -2.07. The largest absolute Gasteiger partial charge is 0.475 e. The first kappa shape index (κ1) is 12.9. The monoisotopic (exact) mass is 268 g/mol. The van der Waals surface area contributed by atoms with Crippen molar-refractivity contribution in [1.82, 2.24) is 0 Å². The Labute approximate surface area is 107 Å². The number of aliphatic imine (C=N–C) groups is 1. The molecule has 0 saturated heterocycles. The molecule has 0 spiro atoms. The van der Waals surface area contributed by atoms with Gasteiger partial charge in [0.25, 0.3) is 0 Å². The molecule has 18 heavy (non-hydrogen) atoms. The third kappa shape index (κ3) is 2.48. The van der Waals surface area contributed by atoms with Crippen LogP contribution in [0.2, 0.25) is 0 Å². The van der Waals surface area contributed by atoms with Crippen molar-refractivity contribution in [2.75, 3.05) is 18.6 Å². The summed E-state index contributed by atoms with van der Waals surface area (Å²) < 4.78 is 28.7. The normalized spacial score (nSPS) is 18.3. The van der Waals surface area contributed by atoms with E-state index in [0.717, 1.165) is 6.26 Å². The van der Waals surface area contributed by atoms with E-state index < -0.39 is 9.84 Å². The molecule has 1 aromatic rings. The first-order chi connectivity index (χ1) is 8.19. The first-order valence-electron chi connectivity index (χ1n) is 5.52. The molecule has 0 bridgehead atoms. The molecule has 1 aliphatic rings. The van der Waals surface area contributed by atoms with Gasteiger partial charge in [0.2, 0.25) is 5.90 Å². The van der Waals surface area contributed by atoms with E-state index >= 15 is 0 Å². The van der Waals surface area contributed by atoms with Gasteiger partial charge in [-0.25, -0.2) is 13.4 Å². The van der Waals surface area contributed by atoms with Crippen LogP contribution in [-0.4, -0.2) is 32.7 Å². The van der Waals surface area contributed by atoms with Crippen LogP contribution in [0.3, 0.4) is 0 Å². The van der Waals surface area contributed by atoms with Crippen molar-refractivity contribution >= 4 is 21.4 Å². The van der Waals surface area contributed by atoms with E-state index in [2.05, 4.69) is 4.99 Å². The van der Waals surface area contributed by atoms with Crippen LogP contribution in [-0.2, 0) is 14.6 Å². The number of hydrogen-bond donors (Lipinski definition) is 1. The number of ether oxygens (including phenoxy) is 1. The van der Waals surface area contributed by atoms with E-state index in [9.17, 15) is 8.42 Å². The molecule has 0 fully saturated rings. The zero-order valence-electron chi connectivity index (χ0n) is 10.6. The zero-order valence-corrected chi connectivity index (χ0v) is 11.4. The molecule has 0 amide bonds. The second-order valence-electron chi connectivity index (χ2n) is 5.04. The molecule has 5 nitrogen and oxygen atoms in total. The van der Waals surface area contributed by atoms with Crippen LogP contribution in [0.5, 0.6) is 0 Å². The van der Waals surface area contributed by atoms with Gasteiger partial charge in [0.15, 0.2) is 9.84 Å². The third-order valence-corrected chi connectivity index (χ3v) is 3.78. The van der Waals surface area contributed by atoms with Crippen molar-refractivity contribution in [3.63, 3.8) is 0 Å². The number of sulfone groups is 1. The number of benzene rings is 1. The number of hydrogen-bond acceptors (Lipinski definition) is 5. The third-order valence-electron chi connectivity index (χ3n) is 2.63. The van der Waals surface area contributed by atoms with Crippen LogP contribution < -0.4 is 5.73 Å². The van der Waals surface area contributed by atoms with Crippen molar-refractivity contribution in [2.24, 2.45) is 4.99 Å². The molecule has 0 saturated carbocycles. The summed E-state index contributed by atoms with van der Waals surface area (Å²) >= 11 is 0. The molecular formula is C12H16N2O3S. The maximum atomic E-state index is 11.6. The smallest absolute Gasteiger partial charge is 0.216 e. The van der Waals surface area contributed by atoms with Gasteiger partial charge >= 0.3 is 0 Å². The summed E-state index contributed by atoms with van der Waals surface area (Å²) in [5.41, 5.74) is 6.26. The van der Waals surface area contributed by atoms with Gasteiger partial charge in [0.1, 0.15) is 6.61 Å². The highest BCUT2D eigenvalue weighted by Crippen LogP contribution is 2.24. The first-order valence-corrected chi connectivity index (χ1v) is 7.41. The molecular weight excluding hydrogens is 252 g/mol. The van der Waals surface area contributed by atoms with E-state index in [1.54, 1.807) is 12.1 Å². The fourth-order valence-electron chi connectivity index (χ4n) is 1.72. The van der Waals surface area contributed by atoms with Gasteiger partial charge in [-0.15, -0.1) is 0 Å². The Morgan fingerprint density at radius 3 is 2.56 bits per heavy atom. The van der Waals surface area contributed by atoms with Gasteiger partial charge in [0, 0.05) is 11.8 Å². The SMILES string of the molecule is CC1(C)COC(c2ccc(N)c(S(C)(=O)=O)c2)=N1. The fourth-order valence-corrected chi connectivity index (χ4v) is 2.56. The van der Waals surface area contributed by atoms with Crippen molar-refractivity contribution in [3.8, 4) is 0 Å². The molecule has 98 valence electrons. The zero-order chi connectivity index (χ0) is 13.6. The molecule has 1 aromatic carbocycles. The van der Waals surface area contributed by atoms with Gasteiger partial charge in [-0.1, -0.05) is 0 Å². The minimum atomic E-state index is -3.35. The molecule has 0 radical (unpaired) electrons. The average molecular weight is 268 g/mol. The average Bonchev–Trinajstić information content (AvgIpc) is 2.58. The quantitative estimate of drug-likeness (QED) is 0.818. The van der Waals surface area contributed by atoms with Crippen LogP contribution in [0.15, 0.2) is 28.1 Å². The number of rotatable bonds is 2. The van der Waals surface area contributed by atoms with Gasteiger partial charge in [0.05, 0.1) is 16.1 Å². The van der Waals surface area contributed by atoms with Crippen molar-refractivity contribution in [3.05, 3.63) is 23.8 Å². The number of nitrogen functional groups attached to an aromatic ring is 1. The summed E-state index contributed by atoms with van der Waals surface area (Å²) in [7, 11) is -3.35. The summed E-state index contributed by atoms with van der Waals surface area (Å²) in [4.78, 5) is 4.51. The molecule has 6 heteroatoms. The Bertz CT molecular complexity index is 618. The molecule has 0 aliphatic carbocycles. The highest BCUT2D eigenvalue weighted by molar-refractivity contribution is 7.90. The minimum absolute atomic E-state index is 0.107. The molecule has 0 atom stereocenters. The van der Waals surface area contributed by atoms with Crippen molar-refractivity contribution in [2.45, 2.75) is 24.3 Å². The Hall–Kier alpha value is -1.56. The van der Waals surface area contributed by atoms with E-state index in [-0.39, 0.29) is 16.1 Å². The summed E-state index contributed by atoms with van der Waals surface area (Å²) in [6.07, 6.45) is 1.13. The molecule has 1 aliphatic heterocycles. The second kappa shape index (κ2) is 3.98. The summed E-state index contributed by atoms with van der Waals surface area (Å²) in [6, 6.07) is 4.78.